The fourth-order valence-corrected chi connectivity index (χ4v) is 4.04. The van der Waals surface area contributed by atoms with Crippen molar-refractivity contribution < 1.29 is 4.74 Å². The van der Waals surface area contributed by atoms with E-state index in [0.29, 0.717) is 4.75 Å². The molecule has 0 spiro atoms. The molecule has 1 fully saturated rings. The van der Waals surface area contributed by atoms with E-state index in [1.54, 1.807) is 7.11 Å². The molecule has 0 aliphatic carbocycles. The van der Waals surface area contributed by atoms with Gasteiger partial charge in [-0.25, -0.2) is 0 Å². The Labute approximate surface area is 167 Å². The molecule has 1 aliphatic rings. The fraction of sp³-hybridized carbons (Fsp3) is 0.611. The molecular weight excluding hydrogens is 433 g/mol. The van der Waals surface area contributed by atoms with Crippen LogP contribution in [0.5, 0.6) is 5.75 Å². The molecule has 1 aliphatic heterocycles. The Hall–Kier alpha value is -0.630. The van der Waals surface area contributed by atoms with E-state index < -0.39 is 0 Å². The second-order valence-electron chi connectivity index (χ2n) is 6.21. The molecule has 24 heavy (non-hydrogen) atoms. The van der Waals surface area contributed by atoms with E-state index in [9.17, 15) is 0 Å². The lowest BCUT2D eigenvalue weighted by Gasteiger charge is -2.24. The van der Waals surface area contributed by atoms with Crippen LogP contribution in [-0.4, -0.2) is 43.7 Å². The smallest absolute Gasteiger partial charge is 0.191 e. The first kappa shape index (κ1) is 21.4. The standard InChI is InChI=1S/C18H29N3OS.HI/c1-18(10-6-12-23-18)14-21-17(19-2)20-11-5-8-15-7-4-9-16(13-15)22-3;/h4,7,9,13H,5-6,8,10-12,14H2,1-3H3,(H2,19,20,21);1H. The summed E-state index contributed by atoms with van der Waals surface area (Å²) in [4.78, 5) is 4.32. The summed E-state index contributed by atoms with van der Waals surface area (Å²) < 4.78 is 5.62. The van der Waals surface area contributed by atoms with Crippen LogP contribution < -0.4 is 15.4 Å². The number of hydrogen-bond donors (Lipinski definition) is 2. The molecule has 1 unspecified atom stereocenters. The molecule has 1 saturated heterocycles. The maximum atomic E-state index is 5.26. The summed E-state index contributed by atoms with van der Waals surface area (Å²) in [6.07, 6.45) is 4.72. The number of ether oxygens (including phenoxy) is 1. The van der Waals surface area contributed by atoms with Gasteiger partial charge >= 0.3 is 0 Å². The van der Waals surface area contributed by atoms with Crippen molar-refractivity contribution in [2.75, 3.05) is 33.0 Å². The van der Waals surface area contributed by atoms with Crippen LogP contribution in [0.15, 0.2) is 29.3 Å². The molecular formula is C18H30IN3OS. The Balaban J connectivity index is 0.00000288. The quantitative estimate of drug-likeness (QED) is 0.280. The number of thioether (sulfide) groups is 1. The van der Waals surface area contributed by atoms with Gasteiger partial charge in [-0.3, -0.25) is 4.99 Å². The van der Waals surface area contributed by atoms with Gasteiger partial charge in [0.25, 0.3) is 0 Å². The molecule has 0 saturated carbocycles. The van der Waals surface area contributed by atoms with Gasteiger partial charge in [-0.2, -0.15) is 11.8 Å². The Morgan fingerprint density at radius 3 is 2.88 bits per heavy atom. The minimum Gasteiger partial charge on any atom is -0.497 e. The van der Waals surface area contributed by atoms with E-state index in [-0.39, 0.29) is 24.0 Å². The highest BCUT2D eigenvalue weighted by molar-refractivity contribution is 14.0. The molecule has 2 rings (SSSR count). The van der Waals surface area contributed by atoms with E-state index in [0.717, 1.165) is 37.6 Å². The van der Waals surface area contributed by atoms with Crippen molar-refractivity contribution in [3.8, 4) is 5.75 Å². The van der Waals surface area contributed by atoms with E-state index in [2.05, 4.69) is 46.4 Å². The SMILES string of the molecule is CN=C(NCCCc1cccc(OC)c1)NCC1(C)CCCS1.I. The third kappa shape index (κ3) is 7.09. The summed E-state index contributed by atoms with van der Waals surface area (Å²) in [5, 5.41) is 6.87. The fourth-order valence-electron chi connectivity index (χ4n) is 2.79. The largest absolute Gasteiger partial charge is 0.497 e. The third-order valence-corrected chi connectivity index (χ3v) is 5.76. The molecule has 136 valence electrons. The lowest BCUT2D eigenvalue weighted by molar-refractivity contribution is 0.414. The number of nitrogens with one attached hydrogen (secondary N) is 2. The second-order valence-corrected chi connectivity index (χ2v) is 7.89. The van der Waals surface area contributed by atoms with Crippen molar-refractivity contribution in [1.29, 1.82) is 0 Å². The Kier molecular flexibility index (Phi) is 9.88. The van der Waals surface area contributed by atoms with Gasteiger partial charge in [0.05, 0.1) is 7.11 Å². The van der Waals surface area contributed by atoms with Crippen molar-refractivity contribution in [3.05, 3.63) is 29.8 Å². The van der Waals surface area contributed by atoms with Crippen LogP contribution in [0.3, 0.4) is 0 Å². The number of halogens is 1. The van der Waals surface area contributed by atoms with Gasteiger partial charge in [-0.15, -0.1) is 24.0 Å². The summed E-state index contributed by atoms with van der Waals surface area (Å²) in [5.74, 6) is 3.12. The number of aliphatic imine (C=N–C) groups is 1. The number of methoxy groups -OCH3 is 1. The van der Waals surface area contributed by atoms with Crippen molar-refractivity contribution in [3.63, 3.8) is 0 Å². The summed E-state index contributed by atoms with van der Waals surface area (Å²) in [7, 11) is 3.54. The lowest BCUT2D eigenvalue weighted by atomic mass is 10.1. The zero-order valence-electron chi connectivity index (χ0n) is 14.9. The van der Waals surface area contributed by atoms with Crippen LogP contribution in [0.2, 0.25) is 0 Å². The number of guanidine groups is 1. The van der Waals surface area contributed by atoms with Crippen molar-refractivity contribution in [2.45, 2.75) is 37.4 Å². The highest BCUT2D eigenvalue weighted by Gasteiger charge is 2.29. The van der Waals surface area contributed by atoms with E-state index in [1.165, 1.54) is 24.2 Å². The van der Waals surface area contributed by atoms with E-state index in [4.69, 9.17) is 4.74 Å². The first-order valence-corrected chi connectivity index (χ1v) is 9.35. The molecule has 0 radical (unpaired) electrons. The average Bonchev–Trinajstić information content (AvgIpc) is 3.01. The van der Waals surface area contributed by atoms with Gasteiger partial charge in [0, 0.05) is 24.9 Å². The van der Waals surface area contributed by atoms with Gasteiger partial charge in [-0.05, 0) is 56.1 Å². The molecule has 6 heteroatoms. The Bertz CT molecular complexity index is 519. The predicted octanol–water partition coefficient (Wildman–Crippen LogP) is 3.70. The van der Waals surface area contributed by atoms with Gasteiger partial charge in [-0.1, -0.05) is 12.1 Å². The van der Waals surface area contributed by atoms with Crippen LogP contribution in [0, 0.1) is 0 Å². The number of hydrogen-bond acceptors (Lipinski definition) is 3. The van der Waals surface area contributed by atoms with E-state index in [1.807, 2.05) is 19.2 Å². The highest BCUT2D eigenvalue weighted by Crippen LogP contribution is 2.36. The lowest BCUT2D eigenvalue weighted by Crippen LogP contribution is -2.43. The minimum atomic E-state index is 0. The van der Waals surface area contributed by atoms with Gasteiger partial charge < -0.3 is 15.4 Å². The van der Waals surface area contributed by atoms with Gasteiger partial charge in [0.1, 0.15) is 5.75 Å². The molecule has 1 atom stereocenters. The van der Waals surface area contributed by atoms with Gasteiger partial charge in [0.2, 0.25) is 0 Å². The number of rotatable bonds is 7. The maximum absolute atomic E-state index is 5.26. The second kappa shape index (κ2) is 11.1. The van der Waals surface area contributed by atoms with Gasteiger partial charge in [0.15, 0.2) is 5.96 Å². The monoisotopic (exact) mass is 463 g/mol. The maximum Gasteiger partial charge on any atom is 0.191 e. The molecule has 0 amide bonds. The van der Waals surface area contributed by atoms with E-state index >= 15 is 0 Å². The van der Waals surface area contributed by atoms with Crippen molar-refractivity contribution in [1.82, 2.24) is 10.6 Å². The summed E-state index contributed by atoms with van der Waals surface area (Å²) in [6, 6.07) is 8.27. The zero-order valence-corrected chi connectivity index (χ0v) is 18.1. The molecule has 1 heterocycles. The first-order chi connectivity index (χ1) is 11.1. The van der Waals surface area contributed by atoms with Crippen LogP contribution in [0.25, 0.3) is 0 Å². The van der Waals surface area contributed by atoms with Crippen LogP contribution >= 0.6 is 35.7 Å². The summed E-state index contributed by atoms with van der Waals surface area (Å²) >= 11 is 2.07. The molecule has 0 aromatic heterocycles. The van der Waals surface area contributed by atoms with Crippen LogP contribution in [0.1, 0.15) is 31.7 Å². The van der Waals surface area contributed by atoms with Crippen LogP contribution in [-0.2, 0) is 6.42 Å². The number of aryl methyl sites for hydroxylation is 1. The zero-order chi connectivity index (χ0) is 16.5. The molecule has 2 N–H and O–H groups in total. The summed E-state index contributed by atoms with van der Waals surface area (Å²) in [6.45, 7) is 4.24. The summed E-state index contributed by atoms with van der Waals surface area (Å²) in [5.41, 5.74) is 1.31. The normalized spacial score (nSPS) is 20.4. The van der Waals surface area contributed by atoms with Crippen molar-refractivity contribution in [2.24, 2.45) is 4.99 Å². The number of benzene rings is 1. The molecule has 1 aromatic carbocycles. The van der Waals surface area contributed by atoms with Crippen molar-refractivity contribution >= 4 is 41.7 Å². The Morgan fingerprint density at radius 2 is 2.21 bits per heavy atom. The highest BCUT2D eigenvalue weighted by atomic mass is 127. The first-order valence-electron chi connectivity index (χ1n) is 8.37. The molecule has 0 bridgehead atoms. The predicted molar refractivity (Wildman–Crippen MR) is 116 cm³/mol. The Morgan fingerprint density at radius 1 is 1.38 bits per heavy atom. The average molecular weight is 463 g/mol. The van der Waals surface area contributed by atoms with Crippen LogP contribution in [0.4, 0.5) is 0 Å². The minimum absolute atomic E-state index is 0. The molecule has 1 aromatic rings. The topological polar surface area (TPSA) is 45.7 Å². The third-order valence-electron chi connectivity index (χ3n) is 4.22. The number of nitrogens with zero attached hydrogens (tertiary/aromatic N) is 1. The molecule has 4 nitrogen and oxygen atoms in total.